The molecule has 0 spiro atoms. The van der Waals surface area contributed by atoms with Crippen LogP contribution >= 0.6 is 0 Å². The van der Waals surface area contributed by atoms with Crippen LogP contribution in [0, 0.1) is 13.8 Å². The molecule has 0 bridgehead atoms. The molecule has 1 aliphatic carbocycles. The second kappa shape index (κ2) is 2.72. The van der Waals surface area contributed by atoms with Gasteiger partial charge in [0.05, 0.1) is 11.4 Å². The molecular formula is C11H13N3O. The van der Waals surface area contributed by atoms with Gasteiger partial charge in [-0.2, -0.15) is 5.10 Å². The lowest BCUT2D eigenvalue weighted by Crippen LogP contribution is -2.16. The second-order valence-electron chi connectivity index (χ2n) is 4.20. The van der Waals surface area contributed by atoms with Gasteiger partial charge in [0.1, 0.15) is 5.65 Å². The van der Waals surface area contributed by atoms with E-state index in [4.69, 9.17) is 0 Å². The normalized spacial score (nSPS) is 14.8. The first kappa shape index (κ1) is 8.71. The summed E-state index contributed by atoms with van der Waals surface area (Å²) >= 11 is 0. The summed E-state index contributed by atoms with van der Waals surface area (Å²) < 4.78 is 1.91. The van der Waals surface area contributed by atoms with Crippen LogP contribution in [0.5, 0.6) is 0 Å². The molecule has 0 saturated carbocycles. The maximum atomic E-state index is 11.8. The van der Waals surface area contributed by atoms with Crippen molar-refractivity contribution >= 4 is 5.65 Å². The predicted molar refractivity (Wildman–Crippen MR) is 57.3 cm³/mol. The van der Waals surface area contributed by atoms with Crippen LogP contribution in [0.15, 0.2) is 4.79 Å². The Morgan fingerprint density at radius 1 is 1.33 bits per heavy atom. The highest BCUT2D eigenvalue weighted by atomic mass is 16.1. The summed E-state index contributed by atoms with van der Waals surface area (Å²) in [5, 5.41) is 4.47. The Balaban J connectivity index is 2.53. The summed E-state index contributed by atoms with van der Waals surface area (Å²) in [5.41, 5.74) is 5.01. The first-order chi connectivity index (χ1) is 7.18. The quantitative estimate of drug-likeness (QED) is 0.697. The molecule has 0 fully saturated rings. The third-order valence-corrected chi connectivity index (χ3v) is 3.31. The second-order valence-corrected chi connectivity index (χ2v) is 4.20. The molecule has 0 aliphatic heterocycles. The summed E-state index contributed by atoms with van der Waals surface area (Å²) in [5.74, 6) is 0. The van der Waals surface area contributed by atoms with Gasteiger partial charge in [0.15, 0.2) is 0 Å². The maximum absolute atomic E-state index is 11.8. The number of nitrogens with one attached hydrogen (secondary N) is 1. The van der Waals surface area contributed by atoms with Gasteiger partial charge in [0.25, 0.3) is 5.56 Å². The van der Waals surface area contributed by atoms with Crippen LogP contribution in [0.25, 0.3) is 5.65 Å². The molecule has 2 aromatic heterocycles. The van der Waals surface area contributed by atoms with Crippen molar-refractivity contribution in [2.24, 2.45) is 0 Å². The van der Waals surface area contributed by atoms with E-state index < -0.39 is 0 Å². The van der Waals surface area contributed by atoms with Gasteiger partial charge in [0.2, 0.25) is 0 Å². The number of aromatic nitrogens is 3. The van der Waals surface area contributed by atoms with Crippen molar-refractivity contribution in [2.75, 3.05) is 0 Å². The smallest absolute Gasteiger partial charge is 0.254 e. The molecular weight excluding hydrogens is 190 g/mol. The van der Waals surface area contributed by atoms with E-state index in [9.17, 15) is 4.79 Å². The minimum absolute atomic E-state index is 0.0676. The van der Waals surface area contributed by atoms with Crippen LogP contribution in [-0.4, -0.2) is 14.6 Å². The van der Waals surface area contributed by atoms with Crippen LogP contribution in [0.3, 0.4) is 0 Å². The van der Waals surface area contributed by atoms with Gasteiger partial charge >= 0.3 is 0 Å². The van der Waals surface area contributed by atoms with E-state index in [1.165, 1.54) is 0 Å². The minimum Gasteiger partial charge on any atom is -0.306 e. The third kappa shape index (κ3) is 1.02. The Morgan fingerprint density at radius 3 is 2.93 bits per heavy atom. The molecule has 78 valence electrons. The number of aromatic amines is 1. The van der Waals surface area contributed by atoms with Crippen LogP contribution in [0.1, 0.15) is 28.9 Å². The SMILES string of the molecule is Cc1nn2c3c(c(=O)[nH]c2c1C)CCC3. The van der Waals surface area contributed by atoms with Crippen molar-refractivity contribution in [3.8, 4) is 0 Å². The summed E-state index contributed by atoms with van der Waals surface area (Å²) in [7, 11) is 0. The lowest BCUT2D eigenvalue weighted by Gasteiger charge is -2.01. The zero-order valence-electron chi connectivity index (χ0n) is 8.92. The molecule has 0 radical (unpaired) electrons. The standard InChI is InChI=1S/C11H13N3O/c1-6-7(2)13-14-9-5-3-4-8(9)11(15)12-10(6)14/h3-5H2,1-2H3,(H,12,15). The summed E-state index contributed by atoms with van der Waals surface area (Å²) in [6.45, 7) is 3.97. The highest BCUT2D eigenvalue weighted by Gasteiger charge is 2.20. The lowest BCUT2D eigenvalue weighted by molar-refractivity contribution is 0.825. The Kier molecular flexibility index (Phi) is 1.58. The topological polar surface area (TPSA) is 50.2 Å². The molecule has 1 aliphatic rings. The fourth-order valence-electron chi connectivity index (χ4n) is 2.34. The van der Waals surface area contributed by atoms with Crippen LogP contribution in [0.4, 0.5) is 0 Å². The molecule has 15 heavy (non-hydrogen) atoms. The molecule has 4 heteroatoms. The van der Waals surface area contributed by atoms with Crippen molar-refractivity contribution < 1.29 is 0 Å². The molecule has 2 aromatic rings. The maximum Gasteiger partial charge on any atom is 0.254 e. The number of rotatable bonds is 0. The number of H-pyrrole nitrogens is 1. The molecule has 0 saturated heterocycles. The average molecular weight is 203 g/mol. The van der Waals surface area contributed by atoms with E-state index in [0.29, 0.717) is 0 Å². The molecule has 1 N–H and O–H groups in total. The predicted octanol–water partition coefficient (Wildman–Crippen LogP) is 1.13. The van der Waals surface area contributed by atoms with Crippen molar-refractivity contribution in [1.29, 1.82) is 0 Å². The average Bonchev–Trinajstić information content (AvgIpc) is 2.77. The summed E-state index contributed by atoms with van der Waals surface area (Å²) in [4.78, 5) is 14.7. The van der Waals surface area contributed by atoms with E-state index >= 15 is 0 Å². The number of hydrogen-bond donors (Lipinski definition) is 1. The Hall–Kier alpha value is -1.58. The van der Waals surface area contributed by atoms with Gasteiger partial charge < -0.3 is 4.98 Å². The van der Waals surface area contributed by atoms with Crippen LogP contribution in [0.2, 0.25) is 0 Å². The van der Waals surface area contributed by atoms with Gasteiger partial charge in [-0.15, -0.1) is 0 Å². The van der Waals surface area contributed by atoms with E-state index in [0.717, 1.165) is 47.4 Å². The lowest BCUT2D eigenvalue weighted by atomic mass is 10.2. The van der Waals surface area contributed by atoms with Gasteiger partial charge in [-0.1, -0.05) is 0 Å². The van der Waals surface area contributed by atoms with Gasteiger partial charge in [-0.25, -0.2) is 4.52 Å². The van der Waals surface area contributed by atoms with E-state index in [2.05, 4.69) is 10.1 Å². The highest BCUT2D eigenvalue weighted by molar-refractivity contribution is 5.51. The first-order valence-electron chi connectivity index (χ1n) is 5.28. The Morgan fingerprint density at radius 2 is 2.13 bits per heavy atom. The molecule has 0 unspecified atom stereocenters. The molecule has 2 heterocycles. The van der Waals surface area contributed by atoms with Gasteiger partial charge in [0, 0.05) is 11.1 Å². The van der Waals surface area contributed by atoms with Crippen molar-refractivity contribution in [1.82, 2.24) is 14.6 Å². The third-order valence-electron chi connectivity index (χ3n) is 3.31. The van der Waals surface area contributed by atoms with Crippen molar-refractivity contribution in [2.45, 2.75) is 33.1 Å². The van der Waals surface area contributed by atoms with E-state index in [1.807, 2.05) is 18.4 Å². The van der Waals surface area contributed by atoms with Crippen LogP contribution < -0.4 is 5.56 Å². The minimum atomic E-state index is 0.0676. The van der Waals surface area contributed by atoms with Gasteiger partial charge in [-0.05, 0) is 33.1 Å². The monoisotopic (exact) mass is 203 g/mol. The highest BCUT2D eigenvalue weighted by Crippen LogP contribution is 2.21. The van der Waals surface area contributed by atoms with E-state index in [-0.39, 0.29) is 5.56 Å². The van der Waals surface area contributed by atoms with E-state index in [1.54, 1.807) is 0 Å². The van der Waals surface area contributed by atoms with Crippen molar-refractivity contribution in [3.63, 3.8) is 0 Å². The zero-order chi connectivity index (χ0) is 10.6. The Labute approximate surface area is 86.9 Å². The number of hydrogen-bond acceptors (Lipinski definition) is 2. The van der Waals surface area contributed by atoms with Gasteiger partial charge in [-0.3, -0.25) is 4.79 Å². The fraction of sp³-hybridized carbons (Fsp3) is 0.455. The zero-order valence-corrected chi connectivity index (χ0v) is 8.92. The number of aryl methyl sites for hydroxylation is 3. The molecule has 0 aromatic carbocycles. The Bertz CT molecular complexity index is 606. The number of fused-ring (bicyclic) bond motifs is 3. The van der Waals surface area contributed by atoms with Crippen LogP contribution in [-0.2, 0) is 12.8 Å². The summed E-state index contributed by atoms with van der Waals surface area (Å²) in [6, 6.07) is 0. The van der Waals surface area contributed by atoms with Crippen molar-refractivity contribution in [3.05, 3.63) is 32.9 Å². The molecule has 4 nitrogen and oxygen atoms in total. The summed E-state index contributed by atoms with van der Waals surface area (Å²) in [6.07, 6.45) is 2.92. The molecule has 3 rings (SSSR count). The molecule has 0 amide bonds. The molecule has 0 atom stereocenters. The first-order valence-corrected chi connectivity index (χ1v) is 5.28. The number of nitrogens with zero attached hydrogens (tertiary/aromatic N) is 2. The fourth-order valence-corrected chi connectivity index (χ4v) is 2.34. The largest absolute Gasteiger partial charge is 0.306 e.